The van der Waals surface area contributed by atoms with E-state index in [1.807, 2.05) is 11.8 Å². The maximum absolute atomic E-state index is 11.7. The SMILES string of the molecule is CCC1C(=O)NCCN1c1nnccc1C#N. The van der Waals surface area contributed by atoms with Gasteiger partial charge in [0.15, 0.2) is 5.82 Å². The van der Waals surface area contributed by atoms with Crippen LogP contribution in [0.2, 0.25) is 0 Å². The lowest BCUT2D eigenvalue weighted by molar-refractivity contribution is -0.123. The number of hydrogen-bond donors (Lipinski definition) is 1. The number of carbonyl (C=O) groups is 1. The van der Waals surface area contributed by atoms with Crippen LogP contribution in [0.4, 0.5) is 5.82 Å². The second kappa shape index (κ2) is 4.78. The van der Waals surface area contributed by atoms with E-state index in [0.29, 0.717) is 30.9 Å². The van der Waals surface area contributed by atoms with E-state index in [1.165, 1.54) is 6.20 Å². The zero-order valence-electron chi connectivity index (χ0n) is 9.55. The predicted molar refractivity (Wildman–Crippen MR) is 61.2 cm³/mol. The van der Waals surface area contributed by atoms with E-state index in [1.54, 1.807) is 6.07 Å². The van der Waals surface area contributed by atoms with Crippen LogP contribution >= 0.6 is 0 Å². The molecule has 1 unspecified atom stereocenters. The van der Waals surface area contributed by atoms with Crippen molar-refractivity contribution in [1.82, 2.24) is 15.5 Å². The van der Waals surface area contributed by atoms with Crippen molar-refractivity contribution in [3.8, 4) is 6.07 Å². The molecule has 0 radical (unpaired) electrons. The highest BCUT2D eigenvalue weighted by Gasteiger charge is 2.30. The Bertz CT molecular complexity index is 467. The van der Waals surface area contributed by atoms with Crippen molar-refractivity contribution in [3.63, 3.8) is 0 Å². The molecular weight excluding hydrogens is 218 g/mol. The quantitative estimate of drug-likeness (QED) is 0.778. The Kier molecular flexibility index (Phi) is 3.19. The number of nitrogens with one attached hydrogen (secondary N) is 1. The van der Waals surface area contributed by atoms with Crippen molar-refractivity contribution in [3.05, 3.63) is 17.8 Å². The molecule has 0 aromatic carbocycles. The van der Waals surface area contributed by atoms with E-state index in [0.717, 1.165) is 0 Å². The molecule has 1 aromatic heterocycles. The molecule has 6 nitrogen and oxygen atoms in total. The van der Waals surface area contributed by atoms with Crippen molar-refractivity contribution >= 4 is 11.7 Å². The first-order chi connectivity index (χ1) is 8.27. The fourth-order valence-corrected chi connectivity index (χ4v) is 2.00. The smallest absolute Gasteiger partial charge is 0.242 e. The lowest BCUT2D eigenvalue weighted by atomic mass is 10.1. The fourth-order valence-electron chi connectivity index (χ4n) is 2.00. The summed E-state index contributed by atoms with van der Waals surface area (Å²) in [5.41, 5.74) is 0.452. The van der Waals surface area contributed by atoms with Crippen molar-refractivity contribution in [2.24, 2.45) is 0 Å². The van der Waals surface area contributed by atoms with Crippen molar-refractivity contribution < 1.29 is 4.79 Å². The molecule has 17 heavy (non-hydrogen) atoms. The Morgan fingerprint density at radius 3 is 3.24 bits per heavy atom. The van der Waals surface area contributed by atoms with Gasteiger partial charge in [-0.25, -0.2) is 0 Å². The fraction of sp³-hybridized carbons (Fsp3) is 0.455. The van der Waals surface area contributed by atoms with Gasteiger partial charge in [0.1, 0.15) is 12.1 Å². The molecule has 1 amide bonds. The second-order valence-corrected chi connectivity index (χ2v) is 3.79. The molecule has 1 saturated heterocycles. The first-order valence-corrected chi connectivity index (χ1v) is 5.54. The highest BCUT2D eigenvalue weighted by molar-refractivity contribution is 5.86. The maximum Gasteiger partial charge on any atom is 0.242 e. The zero-order valence-corrected chi connectivity index (χ0v) is 9.55. The summed E-state index contributed by atoms with van der Waals surface area (Å²) in [6.45, 7) is 3.15. The minimum Gasteiger partial charge on any atom is -0.353 e. The van der Waals surface area contributed by atoms with Gasteiger partial charge < -0.3 is 10.2 Å². The van der Waals surface area contributed by atoms with Crippen LogP contribution in [-0.2, 0) is 4.79 Å². The Balaban J connectivity index is 2.37. The first-order valence-electron chi connectivity index (χ1n) is 5.54. The molecule has 88 valence electrons. The Morgan fingerprint density at radius 1 is 1.71 bits per heavy atom. The summed E-state index contributed by atoms with van der Waals surface area (Å²) in [5, 5.41) is 19.6. The van der Waals surface area contributed by atoms with Gasteiger partial charge in [-0.1, -0.05) is 6.92 Å². The third kappa shape index (κ3) is 2.04. The molecule has 1 fully saturated rings. The van der Waals surface area contributed by atoms with E-state index in [-0.39, 0.29) is 11.9 Å². The molecule has 1 aromatic rings. The molecule has 1 aliphatic heterocycles. The highest BCUT2D eigenvalue weighted by Crippen LogP contribution is 2.20. The lowest BCUT2D eigenvalue weighted by Gasteiger charge is -2.35. The molecule has 2 heterocycles. The number of anilines is 1. The van der Waals surface area contributed by atoms with Crippen LogP contribution in [0.1, 0.15) is 18.9 Å². The van der Waals surface area contributed by atoms with Gasteiger partial charge in [-0.05, 0) is 12.5 Å². The average molecular weight is 231 g/mol. The first kappa shape index (κ1) is 11.3. The summed E-state index contributed by atoms with van der Waals surface area (Å²) >= 11 is 0. The summed E-state index contributed by atoms with van der Waals surface area (Å²) in [6.07, 6.45) is 2.15. The summed E-state index contributed by atoms with van der Waals surface area (Å²) in [7, 11) is 0. The van der Waals surface area contributed by atoms with Gasteiger partial charge in [-0.2, -0.15) is 10.4 Å². The van der Waals surface area contributed by atoms with Crippen LogP contribution in [0.3, 0.4) is 0 Å². The van der Waals surface area contributed by atoms with Crippen LogP contribution in [0.15, 0.2) is 12.3 Å². The molecule has 6 heteroatoms. The second-order valence-electron chi connectivity index (χ2n) is 3.79. The van der Waals surface area contributed by atoms with Crippen LogP contribution in [0.5, 0.6) is 0 Å². The predicted octanol–water partition coefficient (Wildman–Crippen LogP) is 0.0631. The Labute approximate surface area is 99.3 Å². The third-order valence-electron chi connectivity index (χ3n) is 2.81. The molecule has 2 rings (SSSR count). The summed E-state index contributed by atoms with van der Waals surface area (Å²) in [5.74, 6) is 0.477. The monoisotopic (exact) mass is 231 g/mol. The van der Waals surface area contributed by atoms with Gasteiger partial charge in [-0.3, -0.25) is 4.79 Å². The van der Waals surface area contributed by atoms with Crippen LogP contribution in [-0.4, -0.2) is 35.2 Å². The van der Waals surface area contributed by atoms with Gasteiger partial charge in [0, 0.05) is 13.1 Å². The van der Waals surface area contributed by atoms with Gasteiger partial charge in [0.05, 0.1) is 11.8 Å². The van der Waals surface area contributed by atoms with Gasteiger partial charge >= 0.3 is 0 Å². The van der Waals surface area contributed by atoms with Crippen molar-refractivity contribution in [1.29, 1.82) is 5.26 Å². The van der Waals surface area contributed by atoms with E-state index in [9.17, 15) is 4.79 Å². The molecule has 1 aliphatic rings. The number of piperazine rings is 1. The largest absolute Gasteiger partial charge is 0.353 e. The molecule has 0 spiro atoms. The normalized spacial score (nSPS) is 19.6. The topological polar surface area (TPSA) is 81.9 Å². The summed E-state index contributed by atoms with van der Waals surface area (Å²) < 4.78 is 0. The minimum absolute atomic E-state index is 0.0201. The number of rotatable bonds is 2. The average Bonchev–Trinajstić information content (AvgIpc) is 2.38. The number of hydrogen-bond acceptors (Lipinski definition) is 5. The lowest BCUT2D eigenvalue weighted by Crippen LogP contribution is -2.55. The molecule has 0 bridgehead atoms. The minimum atomic E-state index is -0.271. The van der Waals surface area contributed by atoms with E-state index in [4.69, 9.17) is 5.26 Å². The van der Waals surface area contributed by atoms with Gasteiger partial charge in [0.25, 0.3) is 0 Å². The maximum atomic E-state index is 11.7. The van der Waals surface area contributed by atoms with Gasteiger partial charge in [-0.15, -0.1) is 5.10 Å². The Hall–Kier alpha value is -2.16. The van der Waals surface area contributed by atoms with E-state index in [2.05, 4.69) is 21.6 Å². The molecule has 1 N–H and O–H groups in total. The van der Waals surface area contributed by atoms with E-state index < -0.39 is 0 Å². The van der Waals surface area contributed by atoms with Gasteiger partial charge in [0.2, 0.25) is 5.91 Å². The van der Waals surface area contributed by atoms with Crippen LogP contribution < -0.4 is 10.2 Å². The van der Waals surface area contributed by atoms with Crippen LogP contribution in [0.25, 0.3) is 0 Å². The number of nitrogens with zero attached hydrogens (tertiary/aromatic N) is 4. The number of aromatic nitrogens is 2. The van der Waals surface area contributed by atoms with Crippen LogP contribution in [0, 0.1) is 11.3 Å². The van der Waals surface area contributed by atoms with E-state index >= 15 is 0 Å². The van der Waals surface area contributed by atoms with Crippen molar-refractivity contribution in [2.45, 2.75) is 19.4 Å². The molecular formula is C11H13N5O. The standard InChI is InChI=1S/C11H13N5O/c1-2-9-11(17)13-5-6-16(9)10-8(7-12)3-4-14-15-10/h3-4,9H,2,5-6H2,1H3,(H,13,17). The molecule has 0 aliphatic carbocycles. The molecule has 1 atom stereocenters. The zero-order chi connectivity index (χ0) is 12.3. The highest BCUT2D eigenvalue weighted by atomic mass is 16.2. The molecule has 0 saturated carbocycles. The third-order valence-corrected chi connectivity index (χ3v) is 2.81. The number of nitriles is 1. The Morgan fingerprint density at radius 2 is 2.53 bits per heavy atom. The number of carbonyl (C=O) groups excluding carboxylic acids is 1. The van der Waals surface area contributed by atoms with Crippen molar-refractivity contribution in [2.75, 3.05) is 18.0 Å². The number of amides is 1. The summed E-state index contributed by atoms with van der Waals surface area (Å²) in [4.78, 5) is 13.6. The summed E-state index contributed by atoms with van der Waals surface area (Å²) in [6, 6.07) is 3.42.